The Balaban J connectivity index is 2.28. The van der Waals surface area contributed by atoms with Crippen LogP contribution in [0.5, 0.6) is 0 Å². The smallest absolute Gasteiger partial charge is 0.224 e. The van der Waals surface area contributed by atoms with Crippen molar-refractivity contribution in [3.8, 4) is 11.3 Å². The van der Waals surface area contributed by atoms with E-state index in [-0.39, 0.29) is 5.28 Å². The molecular weight excluding hydrogens is 234 g/mol. The number of aryl methyl sites for hydroxylation is 1. The molecule has 3 nitrogen and oxygen atoms in total. The van der Waals surface area contributed by atoms with Gasteiger partial charge in [-0.05, 0) is 29.7 Å². The second kappa shape index (κ2) is 3.86. The highest BCUT2D eigenvalue weighted by Gasteiger charge is 2.10. The number of H-pyrrole nitrogens is 1. The number of hydrogen-bond acceptors (Lipinski definition) is 2. The zero-order valence-corrected chi connectivity index (χ0v) is 9.99. The van der Waals surface area contributed by atoms with Crippen molar-refractivity contribution in [2.75, 3.05) is 0 Å². The molecule has 0 amide bonds. The van der Waals surface area contributed by atoms with E-state index in [9.17, 15) is 0 Å². The molecule has 0 saturated heterocycles. The van der Waals surface area contributed by atoms with Crippen LogP contribution in [0, 0.1) is 6.92 Å². The largest absolute Gasteiger partial charge is 0.339 e. The topological polar surface area (TPSA) is 41.6 Å². The van der Waals surface area contributed by atoms with Crippen LogP contribution in [0.2, 0.25) is 5.28 Å². The van der Waals surface area contributed by atoms with Gasteiger partial charge in [0.1, 0.15) is 5.65 Å². The SMILES string of the molecule is Cc1c(-c2ccccc2)[nH]c2nc(Cl)ncc12. The number of nitrogens with zero attached hydrogens (tertiary/aromatic N) is 2. The Bertz CT molecular complexity index is 674. The van der Waals surface area contributed by atoms with Crippen molar-refractivity contribution in [3.63, 3.8) is 0 Å². The molecule has 2 aromatic heterocycles. The molecule has 0 spiro atoms. The van der Waals surface area contributed by atoms with E-state index in [0.29, 0.717) is 0 Å². The van der Waals surface area contributed by atoms with Gasteiger partial charge < -0.3 is 4.98 Å². The van der Waals surface area contributed by atoms with Gasteiger partial charge in [0.15, 0.2) is 0 Å². The summed E-state index contributed by atoms with van der Waals surface area (Å²) in [5.74, 6) is 0. The molecule has 0 radical (unpaired) electrons. The molecule has 2 heterocycles. The number of hydrogen-bond donors (Lipinski definition) is 1. The summed E-state index contributed by atoms with van der Waals surface area (Å²) >= 11 is 5.78. The molecule has 1 aromatic carbocycles. The number of rotatable bonds is 1. The summed E-state index contributed by atoms with van der Waals surface area (Å²) in [5.41, 5.74) is 4.13. The Morgan fingerprint density at radius 1 is 1.18 bits per heavy atom. The second-order valence-corrected chi connectivity index (χ2v) is 4.23. The average Bonchev–Trinajstić information content (AvgIpc) is 2.67. The maximum Gasteiger partial charge on any atom is 0.224 e. The lowest BCUT2D eigenvalue weighted by Gasteiger charge is -1.98. The van der Waals surface area contributed by atoms with E-state index in [1.807, 2.05) is 18.2 Å². The molecule has 0 unspecified atom stereocenters. The van der Waals surface area contributed by atoms with E-state index in [1.54, 1.807) is 6.20 Å². The number of fused-ring (bicyclic) bond motifs is 1. The normalized spacial score (nSPS) is 10.9. The summed E-state index contributed by atoms with van der Waals surface area (Å²) in [5, 5.41) is 1.27. The van der Waals surface area contributed by atoms with Gasteiger partial charge in [-0.15, -0.1) is 0 Å². The fourth-order valence-electron chi connectivity index (χ4n) is 1.97. The van der Waals surface area contributed by atoms with Crippen molar-refractivity contribution >= 4 is 22.6 Å². The molecule has 0 aliphatic carbocycles. The summed E-state index contributed by atoms with van der Waals surface area (Å²) in [6.45, 7) is 2.05. The molecule has 4 heteroatoms. The van der Waals surface area contributed by atoms with Gasteiger partial charge in [-0.25, -0.2) is 4.98 Å². The Kier molecular flexibility index (Phi) is 2.34. The van der Waals surface area contributed by atoms with Crippen LogP contribution in [-0.4, -0.2) is 15.0 Å². The minimum Gasteiger partial charge on any atom is -0.339 e. The van der Waals surface area contributed by atoms with Crippen molar-refractivity contribution in [1.82, 2.24) is 15.0 Å². The zero-order valence-electron chi connectivity index (χ0n) is 9.24. The van der Waals surface area contributed by atoms with Crippen LogP contribution in [-0.2, 0) is 0 Å². The highest BCUT2D eigenvalue weighted by Crippen LogP contribution is 2.28. The summed E-state index contributed by atoms with van der Waals surface area (Å²) in [6.07, 6.45) is 1.75. The molecule has 1 N–H and O–H groups in total. The third kappa shape index (κ3) is 1.68. The maximum atomic E-state index is 5.78. The Labute approximate surface area is 103 Å². The molecule has 84 valence electrons. The van der Waals surface area contributed by atoms with E-state index in [4.69, 9.17) is 11.6 Å². The quantitative estimate of drug-likeness (QED) is 0.664. The van der Waals surface area contributed by atoms with Gasteiger partial charge in [0.05, 0.1) is 5.69 Å². The van der Waals surface area contributed by atoms with Gasteiger partial charge in [-0.2, -0.15) is 4.98 Å². The fourth-order valence-corrected chi connectivity index (χ4v) is 2.10. The second-order valence-electron chi connectivity index (χ2n) is 3.89. The number of benzene rings is 1. The van der Waals surface area contributed by atoms with E-state index in [1.165, 1.54) is 0 Å². The molecule has 3 rings (SSSR count). The molecule has 0 aliphatic heterocycles. The molecule has 0 atom stereocenters. The third-order valence-electron chi connectivity index (χ3n) is 2.84. The van der Waals surface area contributed by atoms with E-state index in [0.717, 1.165) is 27.9 Å². The van der Waals surface area contributed by atoms with Crippen LogP contribution in [0.4, 0.5) is 0 Å². The number of halogens is 1. The van der Waals surface area contributed by atoms with Crippen LogP contribution >= 0.6 is 11.6 Å². The van der Waals surface area contributed by atoms with E-state index < -0.39 is 0 Å². The summed E-state index contributed by atoms with van der Waals surface area (Å²) in [7, 11) is 0. The first-order valence-electron chi connectivity index (χ1n) is 5.32. The average molecular weight is 244 g/mol. The Morgan fingerprint density at radius 3 is 2.71 bits per heavy atom. The first kappa shape index (κ1) is 10.3. The third-order valence-corrected chi connectivity index (χ3v) is 3.03. The van der Waals surface area contributed by atoms with E-state index in [2.05, 4.69) is 34.0 Å². The number of nitrogens with one attached hydrogen (secondary N) is 1. The Morgan fingerprint density at radius 2 is 1.94 bits per heavy atom. The lowest BCUT2D eigenvalue weighted by molar-refractivity contribution is 1.20. The summed E-state index contributed by atoms with van der Waals surface area (Å²) in [6, 6.07) is 10.1. The van der Waals surface area contributed by atoms with Gasteiger partial charge in [0.25, 0.3) is 0 Å². The predicted molar refractivity (Wildman–Crippen MR) is 69.1 cm³/mol. The molecule has 0 saturated carbocycles. The number of aromatic nitrogens is 3. The zero-order chi connectivity index (χ0) is 11.8. The molecule has 0 aliphatic rings. The molecule has 17 heavy (non-hydrogen) atoms. The monoisotopic (exact) mass is 243 g/mol. The van der Waals surface area contributed by atoms with Crippen LogP contribution in [0.25, 0.3) is 22.3 Å². The van der Waals surface area contributed by atoms with Gasteiger partial charge in [-0.3, -0.25) is 0 Å². The first-order chi connectivity index (χ1) is 8.25. The number of aromatic amines is 1. The van der Waals surface area contributed by atoms with Gasteiger partial charge in [-0.1, -0.05) is 30.3 Å². The maximum absolute atomic E-state index is 5.78. The van der Waals surface area contributed by atoms with Crippen LogP contribution in [0.3, 0.4) is 0 Å². The summed E-state index contributed by atoms with van der Waals surface area (Å²) < 4.78 is 0. The van der Waals surface area contributed by atoms with Gasteiger partial charge >= 0.3 is 0 Å². The van der Waals surface area contributed by atoms with E-state index >= 15 is 0 Å². The molecule has 0 fully saturated rings. The summed E-state index contributed by atoms with van der Waals surface area (Å²) in [4.78, 5) is 11.5. The lowest BCUT2D eigenvalue weighted by atomic mass is 10.1. The van der Waals surface area contributed by atoms with Gasteiger partial charge in [0.2, 0.25) is 5.28 Å². The van der Waals surface area contributed by atoms with Crippen LogP contribution < -0.4 is 0 Å². The van der Waals surface area contributed by atoms with Crippen molar-refractivity contribution in [2.24, 2.45) is 0 Å². The fraction of sp³-hybridized carbons (Fsp3) is 0.0769. The highest BCUT2D eigenvalue weighted by molar-refractivity contribution is 6.28. The highest BCUT2D eigenvalue weighted by atomic mass is 35.5. The van der Waals surface area contributed by atoms with Crippen molar-refractivity contribution < 1.29 is 0 Å². The van der Waals surface area contributed by atoms with Gasteiger partial charge in [0, 0.05) is 11.6 Å². The molecular formula is C13H10ClN3. The minimum absolute atomic E-state index is 0.262. The van der Waals surface area contributed by atoms with Crippen LogP contribution in [0.1, 0.15) is 5.56 Å². The molecule has 0 bridgehead atoms. The standard InChI is InChI=1S/C13H10ClN3/c1-8-10-7-15-13(14)17-12(10)16-11(8)9-5-3-2-4-6-9/h2-7H,1H3,(H,15,16,17). The molecule has 3 aromatic rings. The predicted octanol–water partition coefficient (Wildman–Crippen LogP) is 3.59. The van der Waals surface area contributed by atoms with Crippen molar-refractivity contribution in [3.05, 3.63) is 47.4 Å². The lowest BCUT2D eigenvalue weighted by Crippen LogP contribution is -1.81. The van der Waals surface area contributed by atoms with Crippen molar-refractivity contribution in [2.45, 2.75) is 6.92 Å². The first-order valence-corrected chi connectivity index (χ1v) is 5.70. The van der Waals surface area contributed by atoms with Crippen LogP contribution in [0.15, 0.2) is 36.5 Å². The minimum atomic E-state index is 0.262. The Hall–Kier alpha value is -1.87. The van der Waals surface area contributed by atoms with Crippen molar-refractivity contribution in [1.29, 1.82) is 0 Å².